The molecule has 2 aromatic carbocycles. The summed E-state index contributed by atoms with van der Waals surface area (Å²) in [7, 11) is 1.63. The molecule has 6 heteroatoms. The number of amides is 1. The van der Waals surface area contributed by atoms with Crippen LogP contribution in [0.25, 0.3) is 5.70 Å². The molecular formula is C27H34N2O4. The zero-order chi connectivity index (χ0) is 23.8. The van der Waals surface area contributed by atoms with Gasteiger partial charge < -0.3 is 14.8 Å². The Kier molecular flexibility index (Phi) is 8.15. The molecule has 33 heavy (non-hydrogen) atoms. The molecule has 6 nitrogen and oxygen atoms in total. The second-order valence-corrected chi connectivity index (χ2v) is 9.03. The minimum Gasteiger partial charge on any atom is -0.497 e. The molecule has 0 saturated heterocycles. The van der Waals surface area contributed by atoms with Crippen LogP contribution in [0.3, 0.4) is 0 Å². The van der Waals surface area contributed by atoms with Crippen LogP contribution in [-0.2, 0) is 11.2 Å². The Bertz CT molecular complexity index is 1030. The molecule has 2 N–H and O–H groups in total. The van der Waals surface area contributed by atoms with Gasteiger partial charge in [0.1, 0.15) is 5.75 Å². The maximum absolute atomic E-state index is 13.1. The van der Waals surface area contributed by atoms with Crippen LogP contribution in [0.4, 0.5) is 10.5 Å². The van der Waals surface area contributed by atoms with Crippen LogP contribution in [0.15, 0.2) is 48.5 Å². The number of hydrogen-bond acceptors (Lipinski definition) is 5. The predicted molar refractivity (Wildman–Crippen MR) is 132 cm³/mol. The van der Waals surface area contributed by atoms with Crippen molar-refractivity contribution < 1.29 is 19.1 Å². The van der Waals surface area contributed by atoms with Gasteiger partial charge in [0, 0.05) is 34.1 Å². The van der Waals surface area contributed by atoms with E-state index in [1.54, 1.807) is 37.5 Å². The summed E-state index contributed by atoms with van der Waals surface area (Å²) < 4.78 is 10.6. The highest BCUT2D eigenvalue weighted by atomic mass is 16.5. The molecule has 1 heterocycles. The topological polar surface area (TPSA) is 76.7 Å². The van der Waals surface area contributed by atoms with Crippen LogP contribution in [0, 0.1) is 0 Å². The Balaban J connectivity index is 1.73. The lowest BCUT2D eigenvalue weighted by molar-refractivity contribution is 0.104. The minimum absolute atomic E-state index is 0.152. The van der Waals surface area contributed by atoms with Crippen molar-refractivity contribution in [2.24, 2.45) is 0 Å². The first-order valence-electron chi connectivity index (χ1n) is 11.6. The van der Waals surface area contributed by atoms with E-state index in [4.69, 9.17) is 9.47 Å². The smallest absolute Gasteiger partial charge is 0.411 e. The van der Waals surface area contributed by atoms with Crippen molar-refractivity contribution in [2.45, 2.75) is 58.4 Å². The van der Waals surface area contributed by atoms with E-state index in [2.05, 4.69) is 31.4 Å². The average molecular weight is 451 g/mol. The number of hydrogen-bond donors (Lipinski definition) is 2. The summed E-state index contributed by atoms with van der Waals surface area (Å²) in [6.45, 7) is 6.74. The van der Waals surface area contributed by atoms with Crippen LogP contribution >= 0.6 is 0 Å². The lowest BCUT2D eigenvalue weighted by Crippen LogP contribution is -2.43. The molecule has 3 rings (SSSR count). The molecule has 0 aromatic heterocycles. The number of ketones is 1. The summed E-state index contributed by atoms with van der Waals surface area (Å²) in [4.78, 5) is 25.2. The minimum atomic E-state index is -0.508. The number of allylic oxidation sites excluding steroid dienone is 1. The molecule has 0 fully saturated rings. The Morgan fingerprint density at radius 3 is 2.70 bits per heavy atom. The fraction of sp³-hybridized carbons (Fsp3) is 0.407. The number of carbonyl (C=O) groups excluding carboxylic acids is 2. The highest BCUT2D eigenvalue weighted by Gasteiger charge is 2.28. The quantitative estimate of drug-likeness (QED) is 0.279. The van der Waals surface area contributed by atoms with Gasteiger partial charge in [0.15, 0.2) is 5.78 Å². The molecule has 0 bridgehead atoms. The van der Waals surface area contributed by atoms with Crippen molar-refractivity contribution in [3.63, 3.8) is 0 Å². The number of ether oxygens (including phenoxy) is 2. The normalized spacial score (nSPS) is 15.3. The van der Waals surface area contributed by atoms with Gasteiger partial charge >= 0.3 is 6.09 Å². The summed E-state index contributed by atoms with van der Waals surface area (Å²) in [5, 5.41) is 6.19. The fourth-order valence-corrected chi connectivity index (χ4v) is 3.97. The van der Waals surface area contributed by atoms with Crippen LogP contribution in [0.1, 0.15) is 67.9 Å². The van der Waals surface area contributed by atoms with Crippen LogP contribution < -0.4 is 15.4 Å². The number of carbonyl (C=O) groups is 2. The van der Waals surface area contributed by atoms with E-state index in [1.165, 1.54) is 0 Å². The third kappa shape index (κ3) is 6.85. The average Bonchev–Trinajstić information content (AvgIpc) is 2.78. The number of unbranched alkanes of at least 4 members (excludes halogenated alkanes) is 3. The van der Waals surface area contributed by atoms with E-state index in [-0.39, 0.29) is 11.3 Å². The summed E-state index contributed by atoms with van der Waals surface area (Å²) in [5.74, 6) is 0.591. The first-order chi connectivity index (χ1) is 15.8. The Morgan fingerprint density at radius 1 is 1.12 bits per heavy atom. The highest BCUT2D eigenvalue weighted by molar-refractivity contribution is 6.09. The van der Waals surface area contributed by atoms with E-state index in [0.29, 0.717) is 17.9 Å². The molecule has 2 aromatic rings. The second-order valence-electron chi connectivity index (χ2n) is 9.03. The lowest BCUT2D eigenvalue weighted by Gasteiger charge is -2.35. The van der Waals surface area contributed by atoms with Gasteiger partial charge in [0.25, 0.3) is 0 Å². The zero-order valence-electron chi connectivity index (χ0n) is 20.0. The highest BCUT2D eigenvalue weighted by Crippen LogP contribution is 2.32. The molecule has 176 valence electrons. The summed E-state index contributed by atoms with van der Waals surface area (Å²) in [5.41, 5.74) is 3.71. The van der Waals surface area contributed by atoms with Gasteiger partial charge in [-0.15, -0.1) is 0 Å². The second kappa shape index (κ2) is 11.0. The van der Waals surface area contributed by atoms with Gasteiger partial charge in [0.2, 0.25) is 0 Å². The van der Waals surface area contributed by atoms with Crippen molar-refractivity contribution in [3.05, 3.63) is 65.2 Å². The zero-order valence-corrected chi connectivity index (χ0v) is 20.0. The summed E-state index contributed by atoms with van der Waals surface area (Å²) in [6, 6.07) is 12.8. The first-order valence-corrected chi connectivity index (χ1v) is 11.6. The maximum Gasteiger partial charge on any atom is 0.411 e. The Labute approximate surface area is 196 Å². The molecule has 0 radical (unpaired) electrons. The molecule has 1 aliphatic heterocycles. The summed E-state index contributed by atoms with van der Waals surface area (Å²) >= 11 is 0. The first kappa shape index (κ1) is 24.4. The molecule has 0 saturated carbocycles. The number of benzene rings is 2. The van der Waals surface area contributed by atoms with Gasteiger partial charge in [-0.1, -0.05) is 44.4 Å². The Morgan fingerprint density at radius 2 is 1.94 bits per heavy atom. The van der Waals surface area contributed by atoms with Gasteiger partial charge in [0.05, 0.1) is 13.7 Å². The number of methoxy groups -OCH3 is 1. The molecule has 0 spiro atoms. The van der Waals surface area contributed by atoms with Crippen molar-refractivity contribution in [3.8, 4) is 5.75 Å². The van der Waals surface area contributed by atoms with Crippen LogP contribution in [0.2, 0.25) is 0 Å². The van der Waals surface area contributed by atoms with Crippen molar-refractivity contribution in [1.82, 2.24) is 5.32 Å². The van der Waals surface area contributed by atoms with Gasteiger partial charge in [-0.2, -0.15) is 0 Å². The standard InChI is InChI=1S/C27H34N2O4/c1-5-6-7-8-14-33-26(31)28-21-11-9-10-19(15-21)25(30)17-24-23-16-22(32-4)13-12-20(23)18-27(2,3)29-24/h9-13,15-17,29H,5-8,14,18H2,1-4H3,(H,28,31)/b24-17-. The van der Waals surface area contributed by atoms with E-state index in [1.807, 2.05) is 18.2 Å². The van der Waals surface area contributed by atoms with Crippen molar-refractivity contribution in [1.29, 1.82) is 0 Å². The van der Waals surface area contributed by atoms with E-state index < -0.39 is 6.09 Å². The molecule has 0 unspecified atom stereocenters. The van der Waals surface area contributed by atoms with Gasteiger partial charge in [-0.05, 0) is 56.5 Å². The maximum atomic E-state index is 13.1. The molecule has 1 aliphatic rings. The van der Waals surface area contributed by atoms with Crippen LogP contribution in [-0.4, -0.2) is 31.1 Å². The summed E-state index contributed by atoms with van der Waals surface area (Å²) in [6.07, 6.45) is 6.11. The predicted octanol–water partition coefficient (Wildman–Crippen LogP) is 5.97. The van der Waals surface area contributed by atoms with Crippen molar-refractivity contribution in [2.75, 3.05) is 19.0 Å². The van der Waals surface area contributed by atoms with Gasteiger partial charge in [-0.3, -0.25) is 10.1 Å². The Hall–Kier alpha value is -3.28. The van der Waals surface area contributed by atoms with E-state index in [0.717, 1.165) is 54.7 Å². The number of anilines is 1. The lowest BCUT2D eigenvalue weighted by atomic mass is 9.85. The van der Waals surface area contributed by atoms with Crippen LogP contribution in [0.5, 0.6) is 5.75 Å². The van der Waals surface area contributed by atoms with E-state index >= 15 is 0 Å². The number of rotatable bonds is 9. The van der Waals surface area contributed by atoms with Crippen molar-refractivity contribution >= 4 is 23.3 Å². The molecule has 1 amide bonds. The monoisotopic (exact) mass is 450 g/mol. The SMILES string of the molecule is CCCCCCOC(=O)Nc1cccc(C(=O)/C=C2\NC(C)(C)Cc3ccc(OC)cc32)c1. The molecular weight excluding hydrogens is 416 g/mol. The third-order valence-electron chi connectivity index (χ3n) is 5.61. The largest absolute Gasteiger partial charge is 0.497 e. The molecule has 0 atom stereocenters. The van der Waals surface area contributed by atoms with E-state index in [9.17, 15) is 9.59 Å². The fourth-order valence-electron chi connectivity index (χ4n) is 3.97. The third-order valence-corrected chi connectivity index (χ3v) is 5.61. The number of nitrogens with one attached hydrogen (secondary N) is 2. The number of fused-ring (bicyclic) bond motifs is 1. The molecule has 0 aliphatic carbocycles. The van der Waals surface area contributed by atoms with Gasteiger partial charge in [-0.25, -0.2) is 4.79 Å².